The third-order valence-corrected chi connectivity index (χ3v) is 4.23. The van der Waals surface area contributed by atoms with E-state index in [0.717, 1.165) is 22.8 Å². The minimum absolute atomic E-state index is 0.192. The van der Waals surface area contributed by atoms with E-state index in [1.165, 1.54) is 25.2 Å². The number of carbonyl (C=O) groups is 2. The number of nitrogens with one attached hydrogen (secondary N) is 3. The second-order valence-electron chi connectivity index (χ2n) is 5.15. The van der Waals surface area contributed by atoms with Gasteiger partial charge in [0, 0.05) is 32.2 Å². The summed E-state index contributed by atoms with van der Waals surface area (Å²) in [6.45, 7) is 4.33. The average molecular weight is 344 g/mol. The highest BCUT2D eigenvalue weighted by molar-refractivity contribution is 7.17. The monoisotopic (exact) mass is 344 g/mol. The summed E-state index contributed by atoms with van der Waals surface area (Å²) in [5.74, 6) is 1.28. The molecule has 2 amide bonds. The number of aromatic nitrogens is 2. The molecule has 24 heavy (non-hydrogen) atoms. The van der Waals surface area contributed by atoms with E-state index >= 15 is 0 Å². The van der Waals surface area contributed by atoms with Gasteiger partial charge in [-0.2, -0.15) is 0 Å². The number of hydrogen-bond donors (Lipinski definition) is 3. The third-order valence-electron chi connectivity index (χ3n) is 3.12. The predicted molar refractivity (Wildman–Crippen MR) is 93.4 cm³/mol. The molecule has 0 saturated carbocycles. The van der Waals surface area contributed by atoms with Crippen LogP contribution in [0.5, 0.6) is 0 Å². The molecule has 0 aliphatic carbocycles. The van der Waals surface area contributed by atoms with Crippen molar-refractivity contribution in [3.8, 4) is 10.6 Å². The van der Waals surface area contributed by atoms with Crippen LogP contribution in [0.3, 0.4) is 0 Å². The summed E-state index contributed by atoms with van der Waals surface area (Å²) < 4.78 is 0. The topological polar surface area (TPSA) is 108 Å². The zero-order chi connectivity index (χ0) is 17.1. The average Bonchev–Trinajstić information content (AvgIpc) is 3.15. The molecule has 1 aliphatic rings. The first-order chi connectivity index (χ1) is 11.5. The first-order valence-electron chi connectivity index (χ1n) is 7.34. The standard InChI is InChI=1S/C15H16N6O2S/c1-8(22)19-11-7-10(3-4-16-11)15-21-14(20-9(2)23)12(24-15)13-17-5-6-18-13/h3-4,7H,5-6H2,1-2H3,(H,17,18)(H,20,23)(H,16,19,22). The first kappa shape index (κ1) is 16.1. The van der Waals surface area contributed by atoms with Crippen LogP contribution in [-0.4, -0.2) is 40.7 Å². The van der Waals surface area contributed by atoms with Gasteiger partial charge >= 0.3 is 0 Å². The Morgan fingerprint density at radius 3 is 2.71 bits per heavy atom. The maximum atomic E-state index is 11.4. The fourth-order valence-electron chi connectivity index (χ4n) is 2.22. The Morgan fingerprint density at radius 1 is 1.25 bits per heavy atom. The van der Waals surface area contributed by atoms with Crippen molar-refractivity contribution < 1.29 is 9.59 Å². The highest BCUT2D eigenvalue weighted by Crippen LogP contribution is 2.32. The summed E-state index contributed by atoms with van der Waals surface area (Å²) >= 11 is 1.42. The summed E-state index contributed by atoms with van der Waals surface area (Å²) in [5, 5.41) is 9.28. The fourth-order valence-corrected chi connectivity index (χ4v) is 3.22. The Hall–Kier alpha value is -2.81. The molecule has 3 heterocycles. The normalized spacial score (nSPS) is 13.2. The number of nitrogens with zero attached hydrogens (tertiary/aromatic N) is 3. The number of amidine groups is 1. The van der Waals surface area contributed by atoms with Crippen LogP contribution in [0.2, 0.25) is 0 Å². The number of thiazole rings is 1. The number of anilines is 2. The smallest absolute Gasteiger partial charge is 0.222 e. The van der Waals surface area contributed by atoms with Gasteiger partial charge in [-0.3, -0.25) is 14.6 Å². The van der Waals surface area contributed by atoms with Crippen LogP contribution in [0.15, 0.2) is 23.3 Å². The number of aliphatic imine (C=N–C) groups is 1. The van der Waals surface area contributed by atoms with Gasteiger partial charge in [0.1, 0.15) is 21.5 Å². The first-order valence-corrected chi connectivity index (χ1v) is 8.15. The summed E-state index contributed by atoms with van der Waals surface area (Å²) in [4.78, 5) is 36.4. The van der Waals surface area contributed by atoms with E-state index in [1.807, 2.05) is 0 Å². The van der Waals surface area contributed by atoms with Crippen molar-refractivity contribution in [2.45, 2.75) is 13.8 Å². The summed E-state index contributed by atoms with van der Waals surface area (Å²) in [6.07, 6.45) is 1.60. The number of carbonyl (C=O) groups excluding carboxylic acids is 2. The van der Waals surface area contributed by atoms with Gasteiger partial charge in [0.15, 0.2) is 5.82 Å². The van der Waals surface area contributed by atoms with Crippen molar-refractivity contribution in [1.82, 2.24) is 15.3 Å². The van der Waals surface area contributed by atoms with Gasteiger partial charge < -0.3 is 16.0 Å². The number of pyridine rings is 1. The van der Waals surface area contributed by atoms with Crippen molar-refractivity contribution in [2.75, 3.05) is 23.7 Å². The van der Waals surface area contributed by atoms with E-state index in [9.17, 15) is 9.59 Å². The van der Waals surface area contributed by atoms with Crippen LogP contribution < -0.4 is 16.0 Å². The largest absolute Gasteiger partial charge is 0.367 e. The fraction of sp³-hybridized carbons (Fsp3) is 0.267. The molecule has 1 aliphatic heterocycles. The van der Waals surface area contributed by atoms with E-state index in [2.05, 4.69) is 30.9 Å². The Morgan fingerprint density at radius 2 is 2.04 bits per heavy atom. The lowest BCUT2D eigenvalue weighted by molar-refractivity contribution is -0.115. The lowest BCUT2D eigenvalue weighted by Gasteiger charge is -2.02. The third kappa shape index (κ3) is 3.57. The van der Waals surface area contributed by atoms with Crippen LogP contribution in [0.1, 0.15) is 18.7 Å². The second kappa shape index (κ2) is 6.75. The van der Waals surface area contributed by atoms with Gasteiger partial charge in [-0.1, -0.05) is 0 Å². The Kier molecular flexibility index (Phi) is 4.52. The van der Waals surface area contributed by atoms with Crippen molar-refractivity contribution in [2.24, 2.45) is 4.99 Å². The second-order valence-corrected chi connectivity index (χ2v) is 6.15. The zero-order valence-corrected chi connectivity index (χ0v) is 14.0. The molecule has 0 bridgehead atoms. The van der Waals surface area contributed by atoms with Crippen LogP contribution in [-0.2, 0) is 9.59 Å². The molecule has 0 atom stereocenters. The van der Waals surface area contributed by atoms with E-state index in [1.54, 1.807) is 18.3 Å². The Bertz CT molecular complexity index is 829. The quantitative estimate of drug-likeness (QED) is 0.778. The van der Waals surface area contributed by atoms with Crippen LogP contribution >= 0.6 is 11.3 Å². The summed E-state index contributed by atoms with van der Waals surface area (Å²) in [7, 11) is 0. The SMILES string of the molecule is CC(=O)Nc1cc(-c2nc(NC(C)=O)c(C3=NCCN3)s2)ccn1. The molecule has 9 heteroatoms. The van der Waals surface area contributed by atoms with E-state index in [0.29, 0.717) is 23.2 Å². The minimum atomic E-state index is -0.194. The van der Waals surface area contributed by atoms with Gasteiger partial charge in [0.05, 0.1) is 6.54 Å². The maximum Gasteiger partial charge on any atom is 0.222 e. The maximum absolute atomic E-state index is 11.4. The molecule has 2 aromatic rings. The molecule has 124 valence electrons. The zero-order valence-electron chi connectivity index (χ0n) is 13.2. The van der Waals surface area contributed by atoms with Crippen LogP contribution in [0.4, 0.5) is 11.6 Å². The van der Waals surface area contributed by atoms with E-state index < -0.39 is 0 Å². The number of rotatable bonds is 4. The highest BCUT2D eigenvalue weighted by Gasteiger charge is 2.20. The molecule has 0 spiro atoms. The molecule has 0 unspecified atom stereocenters. The molecule has 0 saturated heterocycles. The van der Waals surface area contributed by atoms with Crippen molar-refractivity contribution >= 4 is 40.6 Å². The van der Waals surface area contributed by atoms with Crippen LogP contribution in [0, 0.1) is 0 Å². The van der Waals surface area contributed by atoms with Crippen LogP contribution in [0.25, 0.3) is 10.6 Å². The van der Waals surface area contributed by atoms with E-state index in [-0.39, 0.29) is 11.8 Å². The summed E-state index contributed by atoms with van der Waals surface area (Å²) in [6, 6.07) is 3.54. The van der Waals surface area contributed by atoms with Crippen molar-refractivity contribution in [1.29, 1.82) is 0 Å². The Balaban J connectivity index is 1.99. The Labute approximate surface area is 142 Å². The molecular weight excluding hydrogens is 328 g/mol. The lowest BCUT2D eigenvalue weighted by atomic mass is 10.2. The van der Waals surface area contributed by atoms with Crippen molar-refractivity contribution in [3.05, 3.63) is 23.2 Å². The predicted octanol–water partition coefficient (Wildman–Crippen LogP) is 1.47. The molecular formula is C15H16N6O2S. The molecule has 2 aromatic heterocycles. The van der Waals surface area contributed by atoms with Gasteiger partial charge in [-0.25, -0.2) is 9.97 Å². The van der Waals surface area contributed by atoms with Crippen molar-refractivity contribution in [3.63, 3.8) is 0 Å². The molecule has 0 radical (unpaired) electrons. The highest BCUT2D eigenvalue weighted by atomic mass is 32.1. The molecule has 3 rings (SSSR count). The molecule has 8 nitrogen and oxygen atoms in total. The molecule has 0 fully saturated rings. The number of amides is 2. The van der Waals surface area contributed by atoms with Gasteiger partial charge in [0.2, 0.25) is 11.8 Å². The molecule has 3 N–H and O–H groups in total. The van der Waals surface area contributed by atoms with Gasteiger partial charge in [0.25, 0.3) is 0 Å². The number of hydrogen-bond acceptors (Lipinski definition) is 7. The van der Waals surface area contributed by atoms with E-state index in [4.69, 9.17) is 0 Å². The van der Waals surface area contributed by atoms with Gasteiger partial charge in [-0.15, -0.1) is 11.3 Å². The lowest BCUT2D eigenvalue weighted by Crippen LogP contribution is -2.20. The summed E-state index contributed by atoms with van der Waals surface area (Å²) in [5.41, 5.74) is 0.801. The van der Waals surface area contributed by atoms with Gasteiger partial charge in [-0.05, 0) is 12.1 Å². The minimum Gasteiger partial charge on any atom is -0.367 e. The molecule has 0 aromatic carbocycles.